The molecule has 1 N–H and O–H groups in total. The predicted molar refractivity (Wildman–Crippen MR) is 83.6 cm³/mol. The fourth-order valence-electron chi connectivity index (χ4n) is 2.48. The molecule has 1 aliphatic carbocycles. The molecule has 1 aromatic rings. The van der Waals surface area contributed by atoms with Crippen molar-refractivity contribution in [3.8, 4) is 0 Å². The first-order valence-electron chi connectivity index (χ1n) is 7.89. The second kappa shape index (κ2) is 6.31. The minimum absolute atomic E-state index is 0.123. The molecule has 20 heavy (non-hydrogen) atoms. The second-order valence-electron chi connectivity index (χ2n) is 7.53. The molecule has 1 fully saturated rings. The van der Waals surface area contributed by atoms with E-state index in [-0.39, 0.29) is 5.54 Å². The first kappa shape index (κ1) is 15.6. The zero-order valence-electron chi connectivity index (χ0n) is 13.7. The van der Waals surface area contributed by atoms with Crippen molar-refractivity contribution in [2.75, 3.05) is 6.54 Å². The molecular weight excluding hydrogens is 248 g/mol. The monoisotopic (exact) mass is 278 g/mol. The number of hydrogen-bond acceptors (Lipinski definition) is 3. The van der Waals surface area contributed by atoms with Crippen molar-refractivity contribution in [2.24, 2.45) is 5.92 Å². The molecular formula is C17H30N2O. The van der Waals surface area contributed by atoms with Crippen molar-refractivity contribution in [3.63, 3.8) is 0 Å². The molecule has 0 unspecified atom stereocenters. The van der Waals surface area contributed by atoms with E-state index in [1.807, 2.05) is 6.26 Å². The summed E-state index contributed by atoms with van der Waals surface area (Å²) in [4.78, 5) is 2.62. The summed E-state index contributed by atoms with van der Waals surface area (Å²) in [6.45, 7) is 14.2. The molecule has 1 heterocycles. The Hall–Kier alpha value is -0.800. The van der Waals surface area contributed by atoms with Crippen molar-refractivity contribution in [3.05, 3.63) is 23.7 Å². The van der Waals surface area contributed by atoms with E-state index in [9.17, 15) is 0 Å². The first-order valence-corrected chi connectivity index (χ1v) is 7.89. The maximum Gasteiger partial charge on any atom is 0.122 e. The molecule has 0 aliphatic heterocycles. The molecule has 2 rings (SSSR count). The van der Waals surface area contributed by atoms with Gasteiger partial charge in [0.15, 0.2) is 0 Å². The third kappa shape index (κ3) is 4.95. The summed E-state index contributed by atoms with van der Waals surface area (Å²) in [6.07, 6.45) is 4.55. The van der Waals surface area contributed by atoms with Gasteiger partial charge in [-0.3, -0.25) is 4.90 Å². The third-order valence-corrected chi connectivity index (χ3v) is 3.65. The van der Waals surface area contributed by atoms with Gasteiger partial charge in [-0.1, -0.05) is 13.8 Å². The topological polar surface area (TPSA) is 28.4 Å². The Morgan fingerprint density at radius 2 is 2.05 bits per heavy atom. The number of rotatable bonds is 7. The third-order valence-electron chi connectivity index (χ3n) is 3.65. The highest BCUT2D eigenvalue weighted by Crippen LogP contribution is 2.29. The Morgan fingerprint density at radius 3 is 2.60 bits per heavy atom. The Balaban J connectivity index is 1.96. The zero-order valence-corrected chi connectivity index (χ0v) is 13.7. The molecule has 0 spiro atoms. The van der Waals surface area contributed by atoms with E-state index in [1.54, 1.807) is 0 Å². The van der Waals surface area contributed by atoms with Crippen LogP contribution >= 0.6 is 0 Å². The van der Waals surface area contributed by atoms with Gasteiger partial charge in [0.2, 0.25) is 0 Å². The average molecular weight is 278 g/mol. The fourth-order valence-corrected chi connectivity index (χ4v) is 2.48. The SMILES string of the molecule is CC(C)CN(Cc1ccoc1CNC(C)(C)C)C1CC1. The van der Waals surface area contributed by atoms with Crippen molar-refractivity contribution in [1.29, 1.82) is 0 Å². The lowest BCUT2D eigenvalue weighted by atomic mass is 10.1. The van der Waals surface area contributed by atoms with E-state index in [0.29, 0.717) is 0 Å². The quantitative estimate of drug-likeness (QED) is 0.822. The summed E-state index contributed by atoms with van der Waals surface area (Å²) < 4.78 is 5.68. The van der Waals surface area contributed by atoms with Crippen LogP contribution in [0.1, 0.15) is 58.8 Å². The molecule has 0 radical (unpaired) electrons. The number of hydrogen-bond donors (Lipinski definition) is 1. The summed E-state index contributed by atoms with van der Waals surface area (Å²) in [5.41, 5.74) is 1.47. The standard InChI is InChI=1S/C17H30N2O/c1-13(2)11-19(15-6-7-15)12-14-8-9-20-16(14)10-18-17(3,4)5/h8-9,13,15,18H,6-7,10-12H2,1-5H3. The van der Waals surface area contributed by atoms with Gasteiger partial charge >= 0.3 is 0 Å². The minimum atomic E-state index is 0.123. The van der Waals surface area contributed by atoms with Crippen LogP contribution in [0.25, 0.3) is 0 Å². The largest absolute Gasteiger partial charge is 0.468 e. The van der Waals surface area contributed by atoms with Crippen LogP contribution in [0.5, 0.6) is 0 Å². The predicted octanol–water partition coefficient (Wildman–Crippen LogP) is 3.79. The maximum atomic E-state index is 5.68. The van der Waals surface area contributed by atoms with Gasteiger partial charge in [0, 0.05) is 30.2 Å². The molecule has 0 saturated heterocycles. The van der Waals surface area contributed by atoms with Gasteiger partial charge in [-0.2, -0.15) is 0 Å². The van der Waals surface area contributed by atoms with Crippen LogP contribution in [0.15, 0.2) is 16.7 Å². The van der Waals surface area contributed by atoms with Crippen molar-refractivity contribution in [1.82, 2.24) is 10.2 Å². The van der Waals surface area contributed by atoms with E-state index in [2.05, 4.69) is 50.9 Å². The van der Waals surface area contributed by atoms with Gasteiger partial charge in [0.25, 0.3) is 0 Å². The second-order valence-corrected chi connectivity index (χ2v) is 7.53. The van der Waals surface area contributed by atoms with Crippen LogP contribution in [-0.2, 0) is 13.1 Å². The average Bonchev–Trinajstić information content (AvgIpc) is 3.06. The highest BCUT2D eigenvalue weighted by Gasteiger charge is 2.30. The van der Waals surface area contributed by atoms with Gasteiger partial charge in [0.05, 0.1) is 12.8 Å². The molecule has 0 atom stereocenters. The lowest BCUT2D eigenvalue weighted by molar-refractivity contribution is 0.224. The normalized spacial score (nSPS) is 16.4. The molecule has 3 nitrogen and oxygen atoms in total. The number of nitrogens with one attached hydrogen (secondary N) is 1. The fraction of sp³-hybridized carbons (Fsp3) is 0.765. The highest BCUT2D eigenvalue weighted by molar-refractivity contribution is 5.17. The van der Waals surface area contributed by atoms with Gasteiger partial charge < -0.3 is 9.73 Å². The van der Waals surface area contributed by atoms with Crippen LogP contribution in [-0.4, -0.2) is 23.0 Å². The summed E-state index contributed by atoms with van der Waals surface area (Å²) in [5, 5.41) is 3.51. The molecule has 1 saturated carbocycles. The van der Waals surface area contributed by atoms with Gasteiger partial charge in [-0.05, 0) is 45.6 Å². The van der Waals surface area contributed by atoms with E-state index in [4.69, 9.17) is 4.42 Å². The molecule has 1 aromatic heterocycles. The van der Waals surface area contributed by atoms with Crippen molar-refractivity contribution < 1.29 is 4.42 Å². The number of furan rings is 1. The summed E-state index contributed by atoms with van der Waals surface area (Å²) >= 11 is 0. The molecule has 1 aliphatic rings. The Bertz CT molecular complexity index is 413. The smallest absolute Gasteiger partial charge is 0.122 e. The van der Waals surface area contributed by atoms with Crippen molar-refractivity contribution >= 4 is 0 Å². The lowest BCUT2D eigenvalue weighted by Crippen LogP contribution is -2.35. The van der Waals surface area contributed by atoms with Crippen LogP contribution in [0.4, 0.5) is 0 Å². The number of nitrogens with zero attached hydrogens (tertiary/aromatic N) is 1. The van der Waals surface area contributed by atoms with E-state index < -0.39 is 0 Å². The van der Waals surface area contributed by atoms with Crippen LogP contribution in [0, 0.1) is 5.92 Å². The molecule has 0 aromatic carbocycles. The minimum Gasteiger partial charge on any atom is -0.468 e. The molecule has 0 amide bonds. The van der Waals surface area contributed by atoms with E-state index in [1.165, 1.54) is 24.9 Å². The molecule has 0 bridgehead atoms. The molecule has 3 heteroatoms. The van der Waals surface area contributed by atoms with Crippen LogP contribution < -0.4 is 5.32 Å². The Labute approximate surface area is 123 Å². The van der Waals surface area contributed by atoms with Crippen molar-refractivity contribution in [2.45, 2.75) is 72.1 Å². The highest BCUT2D eigenvalue weighted by atomic mass is 16.3. The summed E-state index contributed by atoms with van der Waals surface area (Å²) in [5.74, 6) is 1.81. The van der Waals surface area contributed by atoms with Gasteiger partial charge in [-0.25, -0.2) is 0 Å². The van der Waals surface area contributed by atoms with E-state index >= 15 is 0 Å². The van der Waals surface area contributed by atoms with Crippen LogP contribution in [0.3, 0.4) is 0 Å². The Kier molecular flexibility index (Phi) is 4.92. The maximum absolute atomic E-state index is 5.68. The first-order chi connectivity index (χ1) is 9.35. The summed E-state index contributed by atoms with van der Waals surface area (Å²) in [6, 6.07) is 2.94. The van der Waals surface area contributed by atoms with Gasteiger partial charge in [-0.15, -0.1) is 0 Å². The zero-order chi connectivity index (χ0) is 14.8. The molecule has 114 valence electrons. The Morgan fingerprint density at radius 1 is 1.35 bits per heavy atom. The summed E-state index contributed by atoms with van der Waals surface area (Å²) in [7, 11) is 0. The lowest BCUT2D eigenvalue weighted by Gasteiger charge is -2.24. The van der Waals surface area contributed by atoms with Gasteiger partial charge in [0.1, 0.15) is 5.76 Å². The van der Waals surface area contributed by atoms with E-state index in [0.717, 1.165) is 30.8 Å². The van der Waals surface area contributed by atoms with Crippen LogP contribution in [0.2, 0.25) is 0 Å².